The van der Waals surface area contributed by atoms with Gasteiger partial charge in [0, 0.05) is 12.0 Å². The molecule has 0 saturated carbocycles. The van der Waals surface area contributed by atoms with Crippen LogP contribution in [0, 0.1) is 0 Å². The normalized spacial score (nSPS) is 16.7. The van der Waals surface area contributed by atoms with Crippen molar-refractivity contribution in [3.8, 4) is 11.1 Å². The Labute approximate surface area is 107 Å². The third-order valence-corrected chi connectivity index (χ3v) is 3.76. The molecule has 0 spiro atoms. The van der Waals surface area contributed by atoms with Crippen LogP contribution in [-0.4, -0.2) is 5.78 Å². The van der Waals surface area contributed by atoms with E-state index in [0.29, 0.717) is 6.42 Å². The average Bonchev–Trinajstić information content (AvgIpc) is 2.61. The standard InChI is InChI=1S/C17H16O/c1-17(2)11-16(18)14-9-8-13(10-15(14)17)12-6-4-3-5-7-12/h3-10H,11H2,1-2H3. The van der Waals surface area contributed by atoms with E-state index >= 15 is 0 Å². The van der Waals surface area contributed by atoms with Crippen molar-refractivity contribution >= 4 is 5.78 Å². The van der Waals surface area contributed by atoms with Crippen LogP contribution >= 0.6 is 0 Å². The van der Waals surface area contributed by atoms with Gasteiger partial charge in [0.1, 0.15) is 0 Å². The Balaban J connectivity index is 2.15. The molecule has 3 rings (SSSR count). The second-order valence-corrected chi connectivity index (χ2v) is 5.61. The number of ketones is 1. The molecule has 0 heterocycles. The lowest BCUT2D eigenvalue weighted by Crippen LogP contribution is -2.12. The minimum Gasteiger partial charge on any atom is -0.294 e. The molecule has 0 radical (unpaired) electrons. The third kappa shape index (κ3) is 1.67. The highest BCUT2D eigenvalue weighted by Crippen LogP contribution is 2.40. The van der Waals surface area contributed by atoms with Crippen molar-refractivity contribution in [3.63, 3.8) is 0 Å². The summed E-state index contributed by atoms with van der Waals surface area (Å²) < 4.78 is 0. The number of fused-ring (bicyclic) bond motifs is 1. The van der Waals surface area contributed by atoms with Gasteiger partial charge in [0.15, 0.2) is 5.78 Å². The molecule has 1 aliphatic carbocycles. The molecule has 2 aromatic carbocycles. The Morgan fingerprint density at radius 1 is 0.944 bits per heavy atom. The van der Waals surface area contributed by atoms with E-state index in [9.17, 15) is 4.79 Å². The molecule has 90 valence electrons. The van der Waals surface area contributed by atoms with Crippen LogP contribution < -0.4 is 0 Å². The number of Topliss-reactive ketones (excluding diaryl/α,β-unsaturated/α-hetero) is 1. The number of hydrogen-bond acceptors (Lipinski definition) is 1. The summed E-state index contributed by atoms with van der Waals surface area (Å²) >= 11 is 0. The molecule has 1 nitrogen and oxygen atoms in total. The fourth-order valence-corrected chi connectivity index (χ4v) is 2.75. The molecule has 0 saturated heterocycles. The number of carbonyl (C=O) groups excluding carboxylic acids is 1. The Morgan fingerprint density at radius 3 is 2.39 bits per heavy atom. The lowest BCUT2D eigenvalue weighted by atomic mass is 9.85. The van der Waals surface area contributed by atoms with Crippen LogP contribution in [0.3, 0.4) is 0 Å². The summed E-state index contributed by atoms with van der Waals surface area (Å²) in [5.74, 6) is 0.273. The van der Waals surface area contributed by atoms with Crippen molar-refractivity contribution in [1.29, 1.82) is 0 Å². The first-order valence-electron chi connectivity index (χ1n) is 6.31. The highest BCUT2D eigenvalue weighted by atomic mass is 16.1. The van der Waals surface area contributed by atoms with Crippen LogP contribution in [0.2, 0.25) is 0 Å². The smallest absolute Gasteiger partial charge is 0.164 e. The first-order chi connectivity index (χ1) is 8.58. The number of benzene rings is 2. The van der Waals surface area contributed by atoms with E-state index in [0.717, 1.165) is 5.56 Å². The van der Waals surface area contributed by atoms with Crippen LogP contribution in [-0.2, 0) is 5.41 Å². The molecule has 0 amide bonds. The van der Waals surface area contributed by atoms with Crippen LogP contribution in [0.25, 0.3) is 11.1 Å². The highest BCUT2D eigenvalue weighted by Gasteiger charge is 2.35. The van der Waals surface area contributed by atoms with Crippen molar-refractivity contribution in [2.75, 3.05) is 0 Å². The largest absolute Gasteiger partial charge is 0.294 e. The third-order valence-electron chi connectivity index (χ3n) is 3.76. The number of carbonyl (C=O) groups is 1. The first-order valence-corrected chi connectivity index (χ1v) is 6.31. The summed E-state index contributed by atoms with van der Waals surface area (Å²) in [7, 11) is 0. The molecule has 0 fully saturated rings. The molecule has 0 unspecified atom stereocenters. The SMILES string of the molecule is CC1(C)CC(=O)c2ccc(-c3ccccc3)cc21. The maximum atomic E-state index is 11.9. The van der Waals surface area contributed by atoms with Gasteiger partial charge in [0.25, 0.3) is 0 Å². The predicted octanol–water partition coefficient (Wildman–Crippen LogP) is 4.22. The van der Waals surface area contributed by atoms with Gasteiger partial charge in [-0.1, -0.05) is 56.3 Å². The Morgan fingerprint density at radius 2 is 1.67 bits per heavy atom. The van der Waals surface area contributed by atoms with Crippen LogP contribution in [0.15, 0.2) is 48.5 Å². The monoisotopic (exact) mass is 236 g/mol. The predicted molar refractivity (Wildman–Crippen MR) is 73.9 cm³/mol. The van der Waals surface area contributed by atoms with Gasteiger partial charge in [0.2, 0.25) is 0 Å². The van der Waals surface area contributed by atoms with Gasteiger partial charge in [-0.3, -0.25) is 4.79 Å². The summed E-state index contributed by atoms with van der Waals surface area (Å²) in [6.45, 7) is 4.29. The van der Waals surface area contributed by atoms with E-state index in [4.69, 9.17) is 0 Å². The summed E-state index contributed by atoms with van der Waals surface area (Å²) in [6.07, 6.45) is 0.626. The van der Waals surface area contributed by atoms with E-state index in [1.54, 1.807) is 0 Å². The van der Waals surface area contributed by atoms with Gasteiger partial charge in [0.05, 0.1) is 0 Å². The fourth-order valence-electron chi connectivity index (χ4n) is 2.75. The van der Waals surface area contributed by atoms with Crippen molar-refractivity contribution in [2.24, 2.45) is 0 Å². The average molecular weight is 236 g/mol. The number of rotatable bonds is 1. The van der Waals surface area contributed by atoms with E-state index in [2.05, 4.69) is 32.0 Å². The highest BCUT2D eigenvalue weighted by molar-refractivity contribution is 6.02. The van der Waals surface area contributed by atoms with E-state index in [1.165, 1.54) is 16.7 Å². The summed E-state index contributed by atoms with van der Waals surface area (Å²) in [6, 6.07) is 16.5. The molecule has 0 N–H and O–H groups in total. The summed E-state index contributed by atoms with van der Waals surface area (Å²) in [5, 5.41) is 0. The summed E-state index contributed by atoms with van der Waals surface area (Å²) in [4.78, 5) is 11.9. The summed E-state index contributed by atoms with van der Waals surface area (Å²) in [5.41, 5.74) is 4.46. The van der Waals surface area contributed by atoms with E-state index in [-0.39, 0.29) is 11.2 Å². The fraction of sp³-hybridized carbons (Fsp3) is 0.235. The Hall–Kier alpha value is -1.89. The maximum Gasteiger partial charge on any atom is 0.164 e. The Bertz CT molecular complexity index is 609. The molecule has 0 aliphatic heterocycles. The van der Waals surface area contributed by atoms with Gasteiger partial charge in [-0.05, 0) is 28.2 Å². The van der Waals surface area contributed by atoms with E-state index in [1.807, 2.05) is 30.3 Å². The van der Waals surface area contributed by atoms with Crippen LogP contribution in [0.4, 0.5) is 0 Å². The lowest BCUT2D eigenvalue weighted by molar-refractivity contribution is 0.0979. The zero-order chi connectivity index (χ0) is 12.8. The van der Waals surface area contributed by atoms with Gasteiger partial charge < -0.3 is 0 Å². The topological polar surface area (TPSA) is 17.1 Å². The quantitative estimate of drug-likeness (QED) is 0.724. The number of hydrogen-bond donors (Lipinski definition) is 0. The molecular formula is C17H16O. The molecule has 1 aliphatic rings. The molecule has 1 heteroatoms. The zero-order valence-electron chi connectivity index (χ0n) is 10.7. The second kappa shape index (κ2) is 3.81. The van der Waals surface area contributed by atoms with Crippen LogP contribution in [0.5, 0.6) is 0 Å². The van der Waals surface area contributed by atoms with E-state index < -0.39 is 0 Å². The van der Waals surface area contributed by atoms with Crippen molar-refractivity contribution < 1.29 is 4.79 Å². The van der Waals surface area contributed by atoms with Crippen molar-refractivity contribution in [2.45, 2.75) is 25.7 Å². The van der Waals surface area contributed by atoms with Gasteiger partial charge in [-0.2, -0.15) is 0 Å². The van der Waals surface area contributed by atoms with Gasteiger partial charge in [-0.25, -0.2) is 0 Å². The molecule has 0 aromatic heterocycles. The molecular weight excluding hydrogens is 220 g/mol. The van der Waals surface area contributed by atoms with Crippen molar-refractivity contribution in [1.82, 2.24) is 0 Å². The Kier molecular flexibility index (Phi) is 2.37. The maximum absolute atomic E-state index is 11.9. The molecule has 2 aromatic rings. The van der Waals surface area contributed by atoms with Crippen LogP contribution in [0.1, 0.15) is 36.2 Å². The second-order valence-electron chi connectivity index (χ2n) is 5.61. The minimum atomic E-state index is -0.0305. The molecule has 18 heavy (non-hydrogen) atoms. The van der Waals surface area contributed by atoms with Crippen molar-refractivity contribution in [3.05, 3.63) is 59.7 Å². The van der Waals surface area contributed by atoms with Gasteiger partial charge in [-0.15, -0.1) is 0 Å². The zero-order valence-corrected chi connectivity index (χ0v) is 10.7. The minimum absolute atomic E-state index is 0.0305. The molecule has 0 bridgehead atoms. The lowest BCUT2D eigenvalue weighted by Gasteiger charge is -2.18. The molecule has 0 atom stereocenters. The van der Waals surface area contributed by atoms with Gasteiger partial charge >= 0.3 is 0 Å². The first kappa shape index (κ1) is 11.2.